The first kappa shape index (κ1) is 8.30. The quantitative estimate of drug-likeness (QED) is 0.652. The average molecular weight is 208 g/mol. The number of ketones is 1. The molecule has 0 radical (unpaired) electrons. The first-order valence-electron chi connectivity index (χ1n) is 4.73. The molecular weight excluding hydrogens is 198 g/mol. The molecule has 1 heterocycles. The van der Waals surface area contributed by atoms with Gasteiger partial charge in [-0.3, -0.25) is 4.79 Å². The summed E-state index contributed by atoms with van der Waals surface area (Å²) in [5.41, 5.74) is 1.61. The molecule has 1 fully saturated rings. The van der Waals surface area contributed by atoms with Gasteiger partial charge in [0.15, 0.2) is 5.78 Å². The lowest BCUT2D eigenvalue weighted by atomic mass is 10.1. The maximum Gasteiger partial charge on any atom is 0.190 e. The van der Waals surface area contributed by atoms with Crippen LogP contribution in [0.3, 0.4) is 0 Å². The topological polar surface area (TPSA) is 20.3 Å². The minimum absolute atomic E-state index is 0.201. The molecule has 1 aliphatic carbocycles. The van der Waals surface area contributed by atoms with Crippen LogP contribution in [-0.4, -0.2) is 18.4 Å². The molecule has 1 aromatic rings. The van der Waals surface area contributed by atoms with Crippen LogP contribution in [-0.2, 0) is 0 Å². The van der Waals surface area contributed by atoms with Crippen LogP contribution < -0.4 is 4.90 Å². The van der Waals surface area contributed by atoms with Crippen molar-refractivity contribution in [2.75, 3.05) is 11.9 Å². The number of rotatable bonds is 0. The van der Waals surface area contributed by atoms with Gasteiger partial charge in [0, 0.05) is 23.3 Å². The lowest BCUT2D eigenvalue weighted by Crippen LogP contribution is -2.33. The number of Topliss-reactive ketones (excluding diaryl/α,β-unsaturated/α-hetero) is 1. The number of likely N-dealkylation sites (N-methyl/N-ethyl adjacent to an activating group) is 1. The van der Waals surface area contributed by atoms with Gasteiger partial charge in [-0.25, -0.2) is 0 Å². The van der Waals surface area contributed by atoms with Gasteiger partial charge in [0.2, 0.25) is 0 Å². The molecule has 0 bridgehead atoms. The molecule has 0 unspecified atom stereocenters. The Balaban J connectivity index is 2.22. The van der Waals surface area contributed by atoms with E-state index in [0.717, 1.165) is 24.1 Å². The molecule has 1 spiro atoms. The van der Waals surface area contributed by atoms with Crippen LogP contribution in [0, 0.1) is 0 Å². The molecule has 0 aromatic heterocycles. The minimum atomic E-state index is -0.201. The maximum atomic E-state index is 12.0. The fourth-order valence-electron chi connectivity index (χ4n) is 2.30. The molecule has 0 amide bonds. The number of anilines is 1. The van der Waals surface area contributed by atoms with E-state index < -0.39 is 0 Å². The van der Waals surface area contributed by atoms with E-state index >= 15 is 0 Å². The van der Waals surface area contributed by atoms with Gasteiger partial charge >= 0.3 is 0 Å². The molecule has 3 heteroatoms. The SMILES string of the molecule is CN1c2ccc(Cl)cc2C(=O)C12CC2. The summed E-state index contributed by atoms with van der Waals surface area (Å²) in [6, 6.07) is 5.55. The van der Waals surface area contributed by atoms with Crippen LogP contribution in [0.1, 0.15) is 23.2 Å². The Kier molecular flexibility index (Phi) is 1.37. The summed E-state index contributed by atoms with van der Waals surface area (Å²) in [4.78, 5) is 14.1. The zero-order chi connectivity index (χ0) is 9.92. The predicted octanol–water partition coefficient (Wildman–Crippen LogP) is 2.51. The van der Waals surface area contributed by atoms with E-state index in [1.807, 2.05) is 19.2 Å². The number of halogens is 1. The summed E-state index contributed by atoms with van der Waals surface area (Å²) in [5, 5.41) is 0.642. The standard InChI is InChI=1S/C11H10ClNO/c1-13-9-3-2-7(12)6-8(9)10(14)11(13)4-5-11/h2-3,6H,4-5H2,1H3. The summed E-state index contributed by atoms with van der Waals surface area (Å²) in [6.45, 7) is 0. The normalized spacial score (nSPS) is 21.6. The van der Waals surface area contributed by atoms with Crippen LogP contribution in [0.25, 0.3) is 0 Å². The van der Waals surface area contributed by atoms with Gasteiger partial charge in [-0.1, -0.05) is 11.6 Å². The van der Waals surface area contributed by atoms with E-state index in [1.54, 1.807) is 6.07 Å². The van der Waals surface area contributed by atoms with E-state index in [1.165, 1.54) is 0 Å². The largest absolute Gasteiger partial charge is 0.361 e. The van der Waals surface area contributed by atoms with Gasteiger partial charge < -0.3 is 4.90 Å². The van der Waals surface area contributed by atoms with Crippen LogP contribution in [0.4, 0.5) is 5.69 Å². The smallest absolute Gasteiger partial charge is 0.190 e. The van der Waals surface area contributed by atoms with Crippen molar-refractivity contribution in [3.05, 3.63) is 28.8 Å². The van der Waals surface area contributed by atoms with Crippen LogP contribution in [0.15, 0.2) is 18.2 Å². The number of benzene rings is 1. The molecule has 1 aliphatic heterocycles. The Morgan fingerprint density at radius 3 is 2.79 bits per heavy atom. The lowest BCUT2D eigenvalue weighted by molar-refractivity contribution is 0.0961. The van der Waals surface area contributed by atoms with E-state index in [0.29, 0.717) is 5.02 Å². The molecule has 1 saturated carbocycles. The third kappa shape index (κ3) is 0.800. The summed E-state index contributed by atoms with van der Waals surface area (Å²) < 4.78 is 0. The van der Waals surface area contributed by atoms with Crippen molar-refractivity contribution in [1.29, 1.82) is 0 Å². The Hall–Kier alpha value is -1.02. The van der Waals surface area contributed by atoms with Crippen LogP contribution in [0.5, 0.6) is 0 Å². The van der Waals surface area contributed by atoms with Crippen molar-refractivity contribution in [1.82, 2.24) is 0 Å². The Labute approximate surface area is 87.5 Å². The molecule has 3 rings (SSSR count). The lowest BCUT2D eigenvalue weighted by Gasteiger charge is -2.19. The number of fused-ring (bicyclic) bond motifs is 1. The second-order valence-corrected chi connectivity index (χ2v) is 4.52. The van der Waals surface area contributed by atoms with Gasteiger partial charge in [0.1, 0.15) is 5.54 Å². The molecule has 0 atom stereocenters. The molecular formula is C11H10ClNO. The van der Waals surface area contributed by atoms with Crippen molar-refractivity contribution >= 4 is 23.1 Å². The number of nitrogens with zero attached hydrogens (tertiary/aromatic N) is 1. The zero-order valence-corrected chi connectivity index (χ0v) is 8.64. The molecule has 0 saturated heterocycles. The molecule has 1 aromatic carbocycles. The van der Waals surface area contributed by atoms with E-state index in [2.05, 4.69) is 4.90 Å². The second-order valence-electron chi connectivity index (χ2n) is 4.08. The Morgan fingerprint density at radius 2 is 2.14 bits per heavy atom. The summed E-state index contributed by atoms with van der Waals surface area (Å²) in [7, 11) is 1.99. The number of carbonyl (C=O) groups is 1. The van der Waals surface area contributed by atoms with E-state index in [-0.39, 0.29) is 11.3 Å². The number of hydrogen-bond donors (Lipinski definition) is 0. The second kappa shape index (κ2) is 2.31. The van der Waals surface area contributed by atoms with E-state index in [9.17, 15) is 4.79 Å². The fraction of sp³-hybridized carbons (Fsp3) is 0.364. The monoisotopic (exact) mass is 207 g/mol. The summed E-state index contributed by atoms with van der Waals surface area (Å²) in [5.74, 6) is 0.248. The number of hydrogen-bond acceptors (Lipinski definition) is 2. The minimum Gasteiger partial charge on any atom is -0.361 e. The third-order valence-electron chi connectivity index (χ3n) is 3.35. The summed E-state index contributed by atoms with van der Waals surface area (Å²) in [6.07, 6.45) is 1.96. The average Bonchev–Trinajstić information content (AvgIpc) is 2.93. The van der Waals surface area contributed by atoms with Gasteiger partial charge in [-0.2, -0.15) is 0 Å². The molecule has 14 heavy (non-hydrogen) atoms. The van der Waals surface area contributed by atoms with Crippen molar-refractivity contribution in [3.63, 3.8) is 0 Å². The molecule has 2 nitrogen and oxygen atoms in total. The molecule has 2 aliphatic rings. The zero-order valence-electron chi connectivity index (χ0n) is 7.88. The Morgan fingerprint density at radius 1 is 1.43 bits per heavy atom. The van der Waals surface area contributed by atoms with Crippen molar-refractivity contribution in [2.45, 2.75) is 18.4 Å². The predicted molar refractivity (Wildman–Crippen MR) is 56.2 cm³/mol. The third-order valence-corrected chi connectivity index (χ3v) is 3.59. The van der Waals surface area contributed by atoms with Crippen molar-refractivity contribution in [3.8, 4) is 0 Å². The van der Waals surface area contributed by atoms with Crippen LogP contribution in [0.2, 0.25) is 5.02 Å². The highest BCUT2D eigenvalue weighted by Gasteiger charge is 2.58. The van der Waals surface area contributed by atoms with Gasteiger partial charge in [-0.15, -0.1) is 0 Å². The molecule has 72 valence electrons. The van der Waals surface area contributed by atoms with Crippen molar-refractivity contribution < 1.29 is 4.79 Å². The highest BCUT2D eigenvalue weighted by Crippen LogP contribution is 2.52. The first-order chi connectivity index (χ1) is 6.65. The van der Waals surface area contributed by atoms with Crippen LogP contribution >= 0.6 is 11.6 Å². The van der Waals surface area contributed by atoms with Gasteiger partial charge in [0.05, 0.1) is 0 Å². The number of carbonyl (C=O) groups excluding carboxylic acids is 1. The highest BCUT2D eigenvalue weighted by molar-refractivity contribution is 6.31. The van der Waals surface area contributed by atoms with Gasteiger partial charge in [0.25, 0.3) is 0 Å². The maximum absolute atomic E-state index is 12.0. The first-order valence-corrected chi connectivity index (χ1v) is 5.11. The van der Waals surface area contributed by atoms with Crippen molar-refractivity contribution in [2.24, 2.45) is 0 Å². The fourth-order valence-corrected chi connectivity index (χ4v) is 2.47. The van der Waals surface area contributed by atoms with E-state index in [4.69, 9.17) is 11.6 Å². The summed E-state index contributed by atoms with van der Waals surface area (Å²) >= 11 is 5.88. The highest BCUT2D eigenvalue weighted by atomic mass is 35.5. The molecule has 0 N–H and O–H groups in total. The Bertz CT molecular complexity index is 437. The van der Waals surface area contributed by atoms with Gasteiger partial charge in [-0.05, 0) is 31.0 Å².